The van der Waals surface area contributed by atoms with E-state index in [1.165, 1.54) is 6.20 Å². The van der Waals surface area contributed by atoms with Gasteiger partial charge in [-0.05, 0) is 36.5 Å². The monoisotopic (exact) mass is 466 g/mol. The van der Waals surface area contributed by atoms with Crippen LogP contribution in [0.25, 0.3) is 11.1 Å². The summed E-state index contributed by atoms with van der Waals surface area (Å²) in [5.41, 5.74) is 3.38. The largest absolute Gasteiger partial charge is 0.466 e. The number of benzene rings is 2. The molecule has 0 aliphatic heterocycles. The number of nitrogens with zero attached hydrogens (tertiary/aromatic N) is 2. The van der Waals surface area contributed by atoms with Gasteiger partial charge in [-0.3, -0.25) is 9.59 Å². The molecule has 0 aliphatic carbocycles. The Morgan fingerprint density at radius 1 is 1.09 bits per heavy atom. The minimum atomic E-state index is -0.599. The fraction of sp³-hybridized carbons (Fsp3) is 0.360. The highest BCUT2D eigenvalue weighted by atomic mass is 16.5. The number of hydrogen-bond acceptors (Lipinski definition) is 7. The Bertz CT molecular complexity index is 1010. The average Bonchev–Trinajstić information content (AvgIpc) is 3.40. The van der Waals surface area contributed by atoms with E-state index in [1.807, 2.05) is 54.6 Å². The molecule has 9 heteroatoms. The molecule has 1 amide bonds. The number of ether oxygens (including phenoxy) is 2. The van der Waals surface area contributed by atoms with Crippen LogP contribution in [0.15, 0.2) is 60.8 Å². The van der Waals surface area contributed by atoms with E-state index in [9.17, 15) is 9.59 Å². The highest BCUT2D eigenvalue weighted by molar-refractivity contribution is 5.92. The predicted molar refractivity (Wildman–Crippen MR) is 126 cm³/mol. The highest BCUT2D eigenvalue weighted by Crippen LogP contribution is 2.21. The van der Waals surface area contributed by atoms with Crippen molar-refractivity contribution in [2.24, 2.45) is 5.92 Å². The zero-order valence-corrected chi connectivity index (χ0v) is 19.1. The molecule has 0 saturated heterocycles. The number of amides is 1. The second-order valence-corrected chi connectivity index (χ2v) is 7.78. The van der Waals surface area contributed by atoms with E-state index in [0.717, 1.165) is 16.7 Å². The van der Waals surface area contributed by atoms with Gasteiger partial charge in [-0.1, -0.05) is 54.6 Å². The Balaban J connectivity index is 1.76. The third-order valence-electron chi connectivity index (χ3n) is 5.27. The van der Waals surface area contributed by atoms with Crippen molar-refractivity contribution in [3.8, 4) is 11.1 Å². The Morgan fingerprint density at radius 3 is 2.47 bits per heavy atom. The molecule has 0 saturated carbocycles. The van der Waals surface area contributed by atoms with Crippen LogP contribution < -0.4 is 5.32 Å². The lowest BCUT2D eigenvalue weighted by Gasteiger charge is -2.23. The summed E-state index contributed by atoms with van der Waals surface area (Å²) < 4.78 is 10.6. The molecule has 1 heterocycles. The topological polar surface area (TPSA) is 126 Å². The molecule has 0 radical (unpaired) electrons. The number of carbonyl (C=O) groups is 2. The summed E-state index contributed by atoms with van der Waals surface area (Å²) in [6.45, 7) is 2.04. The van der Waals surface area contributed by atoms with Crippen molar-refractivity contribution in [2.45, 2.75) is 25.8 Å². The van der Waals surface area contributed by atoms with Crippen LogP contribution in [0.1, 0.15) is 29.4 Å². The van der Waals surface area contributed by atoms with Gasteiger partial charge in [0.15, 0.2) is 5.69 Å². The van der Waals surface area contributed by atoms with Gasteiger partial charge < -0.3 is 19.9 Å². The van der Waals surface area contributed by atoms with Gasteiger partial charge in [-0.15, -0.1) is 0 Å². The maximum Gasteiger partial charge on any atom is 0.311 e. The minimum Gasteiger partial charge on any atom is -0.466 e. The lowest BCUT2D eigenvalue weighted by Crippen LogP contribution is -2.40. The summed E-state index contributed by atoms with van der Waals surface area (Å²) in [5.74, 6) is -1.39. The lowest BCUT2D eigenvalue weighted by molar-refractivity contribution is -0.151. The molecule has 0 spiro atoms. The van der Waals surface area contributed by atoms with Crippen molar-refractivity contribution >= 4 is 11.9 Å². The van der Waals surface area contributed by atoms with E-state index in [2.05, 4.69) is 20.7 Å². The first-order valence-corrected chi connectivity index (χ1v) is 11.3. The fourth-order valence-electron chi connectivity index (χ4n) is 3.64. The molecule has 34 heavy (non-hydrogen) atoms. The number of carbonyl (C=O) groups excluding carboxylic acids is 2. The van der Waals surface area contributed by atoms with Gasteiger partial charge in [-0.25, -0.2) is 0 Å². The predicted octanol–water partition coefficient (Wildman–Crippen LogP) is 2.39. The van der Waals surface area contributed by atoms with Crippen LogP contribution in [-0.2, 0) is 20.7 Å². The normalized spacial score (nSPS) is 12.6. The Labute approximate surface area is 198 Å². The summed E-state index contributed by atoms with van der Waals surface area (Å²) in [7, 11) is 0. The van der Waals surface area contributed by atoms with Gasteiger partial charge in [-0.2, -0.15) is 15.4 Å². The second-order valence-electron chi connectivity index (χ2n) is 7.78. The van der Waals surface area contributed by atoms with E-state index >= 15 is 0 Å². The molecule has 0 aliphatic rings. The number of H-pyrrole nitrogens is 1. The number of esters is 1. The van der Waals surface area contributed by atoms with Crippen LogP contribution >= 0.6 is 0 Å². The molecule has 180 valence electrons. The van der Waals surface area contributed by atoms with Crippen LogP contribution in [0, 0.1) is 5.92 Å². The molecular formula is C25H30N4O5. The van der Waals surface area contributed by atoms with E-state index in [-0.39, 0.29) is 38.2 Å². The van der Waals surface area contributed by atoms with Crippen LogP contribution in [0.3, 0.4) is 0 Å². The Hall–Kier alpha value is -3.56. The summed E-state index contributed by atoms with van der Waals surface area (Å²) in [6.07, 6.45) is 2.14. The molecule has 0 fully saturated rings. The molecule has 1 aromatic heterocycles. The van der Waals surface area contributed by atoms with Crippen LogP contribution in [0.2, 0.25) is 0 Å². The summed E-state index contributed by atoms with van der Waals surface area (Å²) >= 11 is 0. The van der Waals surface area contributed by atoms with Gasteiger partial charge in [0.2, 0.25) is 0 Å². The van der Waals surface area contributed by atoms with Crippen molar-refractivity contribution < 1.29 is 24.2 Å². The molecule has 9 nitrogen and oxygen atoms in total. The third-order valence-corrected chi connectivity index (χ3v) is 5.27. The number of rotatable bonds is 13. The van der Waals surface area contributed by atoms with Crippen LogP contribution in [0.5, 0.6) is 0 Å². The quantitative estimate of drug-likeness (QED) is 0.261. The average molecular weight is 467 g/mol. The van der Waals surface area contributed by atoms with Gasteiger partial charge in [0.25, 0.3) is 5.91 Å². The molecular weight excluding hydrogens is 436 g/mol. The number of aromatic nitrogens is 3. The maximum atomic E-state index is 12.7. The number of aliphatic hydroxyl groups excluding tert-OH is 1. The van der Waals surface area contributed by atoms with Gasteiger partial charge in [0, 0.05) is 6.04 Å². The Morgan fingerprint density at radius 2 is 1.82 bits per heavy atom. The first-order chi connectivity index (χ1) is 16.6. The van der Waals surface area contributed by atoms with Crippen LogP contribution in [-0.4, -0.2) is 64.9 Å². The summed E-state index contributed by atoms with van der Waals surface area (Å²) in [4.78, 5) is 25.2. The number of hydrogen-bond donors (Lipinski definition) is 3. The van der Waals surface area contributed by atoms with E-state index in [0.29, 0.717) is 12.8 Å². The highest BCUT2D eigenvalue weighted by Gasteiger charge is 2.26. The SMILES string of the molecule is CCOC(=O)[C@H](COCCO)C[C@@H](Cc1ccc(-c2ccccc2)cc1)NC(=O)c1cn[nH]n1. The number of aromatic amines is 1. The molecule has 2 atom stereocenters. The Kier molecular flexibility index (Phi) is 9.75. The van der Waals surface area contributed by atoms with Gasteiger partial charge >= 0.3 is 5.97 Å². The van der Waals surface area contributed by atoms with Gasteiger partial charge in [0.05, 0.1) is 38.5 Å². The summed E-state index contributed by atoms with van der Waals surface area (Å²) in [5, 5.41) is 21.9. The molecule has 0 bridgehead atoms. The third kappa shape index (κ3) is 7.50. The molecule has 0 unspecified atom stereocenters. The molecule has 3 aromatic rings. The fourth-order valence-corrected chi connectivity index (χ4v) is 3.64. The molecule has 2 aromatic carbocycles. The smallest absolute Gasteiger partial charge is 0.311 e. The zero-order chi connectivity index (χ0) is 24.2. The van der Waals surface area contributed by atoms with Crippen molar-refractivity contribution in [3.63, 3.8) is 0 Å². The van der Waals surface area contributed by atoms with Crippen molar-refractivity contribution in [1.29, 1.82) is 0 Å². The first kappa shape index (κ1) is 25.1. The van der Waals surface area contributed by atoms with E-state index < -0.39 is 17.8 Å². The van der Waals surface area contributed by atoms with Crippen molar-refractivity contribution in [1.82, 2.24) is 20.7 Å². The van der Waals surface area contributed by atoms with Crippen molar-refractivity contribution in [3.05, 3.63) is 72.1 Å². The second kappa shape index (κ2) is 13.2. The molecule has 3 N–H and O–H groups in total. The van der Waals surface area contributed by atoms with Crippen LogP contribution in [0.4, 0.5) is 0 Å². The van der Waals surface area contributed by atoms with Gasteiger partial charge in [0.1, 0.15) is 0 Å². The molecule has 3 rings (SSSR count). The standard InChI is InChI=1S/C25H30N4O5/c1-2-34-25(32)21(17-33-13-12-30)15-22(27-24(31)23-16-26-29-28-23)14-18-8-10-20(11-9-18)19-6-4-3-5-7-19/h3-11,16,21-22,30H,2,12-15,17H2,1H3,(H,27,31)(H,26,28,29)/t21-,22+/m0/s1. The maximum absolute atomic E-state index is 12.7. The summed E-state index contributed by atoms with van der Waals surface area (Å²) in [6, 6.07) is 17.8. The first-order valence-electron chi connectivity index (χ1n) is 11.3. The van der Waals surface area contributed by atoms with E-state index in [4.69, 9.17) is 14.6 Å². The number of aliphatic hydroxyl groups is 1. The minimum absolute atomic E-state index is 0.0860. The van der Waals surface area contributed by atoms with Crippen molar-refractivity contribution in [2.75, 3.05) is 26.4 Å². The zero-order valence-electron chi connectivity index (χ0n) is 19.1. The van der Waals surface area contributed by atoms with E-state index in [1.54, 1.807) is 6.92 Å². The number of nitrogens with one attached hydrogen (secondary N) is 2. The lowest BCUT2D eigenvalue weighted by atomic mass is 9.94.